The van der Waals surface area contributed by atoms with Crippen molar-refractivity contribution in [3.8, 4) is 0 Å². The predicted octanol–water partition coefficient (Wildman–Crippen LogP) is 2.51. The third-order valence-electron chi connectivity index (χ3n) is 4.25. The maximum atomic E-state index is 12.7. The number of piperazine rings is 1. The molecule has 21 heavy (non-hydrogen) atoms. The number of carbonyl (C=O) groups is 2. The zero-order chi connectivity index (χ0) is 15.4. The minimum absolute atomic E-state index is 0.00315. The first-order valence-corrected chi connectivity index (χ1v) is 7.67. The van der Waals surface area contributed by atoms with Gasteiger partial charge in [-0.05, 0) is 24.8 Å². The van der Waals surface area contributed by atoms with Crippen molar-refractivity contribution in [1.29, 1.82) is 0 Å². The highest BCUT2D eigenvalue weighted by molar-refractivity contribution is 5.95. The fourth-order valence-corrected chi connectivity index (χ4v) is 2.79. The van der Waals surface area contributed by atoms with Gasteiger partial charge in [0.25, 0.3) is 5.91 Å². The molecular weight excluding hydrogens is 264 g/mol. The lowest BCUT2D eigenvalue weighted by atomic mass is 9.96. The molecular formula is C17H24N2O2. The quantitative estimate of drug-likeness (QED) is 0.905. The summed E-state index contributed by atoms with van der Waals surface area (Å²) in [7, 11) is 0. The standard InChI is InChI=1S/C17H24N2O2/c1-4-12(2)10-13(3)19-11-15(20)18-16(17(19)21)14-8-6-5-7-9-14/h5-9,12-13,16H,4,10-11H2,1-3H3,(H,18,20). The Bertz CT molecular complexity index is 501. The van der Waals surface area contributed by atoms with Crippen LogP contribution in [0.3, 0.4) is 0 Å². The van der Waals surface area contributed by atoms with Crippen LogP contribution in [0, 0.1) is 5.92 Å². The molecule has 4 nitrogen and oxygen atoms in total. The molecule has 2 rings (SSSR count). The number of carbonyl (C=O) groups excluding carboxylic acids is 2. The second kappa shape index (κ2) is 6.74. The van der Waals surface area contributed by atoms with Crippen molar-refractivity contribution < 1.29 is 9.59 Å². The summed E-state index contributed by atoms with van der Waals surface area (Å²) < 4.78 is 0. The Kier molecular flexibility index (Phi) is 4.99. The fourth-order valence-electron chi connectivity index (χ4n) is 2.79. The Morgan fingerprint density at radius 3 is 2.52 bits per heavy atom. The van der Waals surface area contributed by atoms with Crippen LogP contribution >= 0.6 is 0 Å². The van der Waals surface area contributed by atoms with Crippen LogP contribution in [0.15, 0.2) is 30.3 Å². The maximum absolute atomic E-state index is 12.7. The monoisotopic (exact) mass is 288 g/mol. The van der Waals surface area contributed by atoms with Gasteiger partial charge < -0.3 is 10.2 Å². The Morgan fingerprint density at radius 1 is 1.24 bits per heavy atom. The number of nitrogens with zero attached hydrogens (tertiary/aromatic N) is 1. The van der Waals surface area contributed by atoms with Gasteiger partial charge in [-0.15, -0.1) is 0 Å². The average Bonchev–Trinajstić information content (AvgIpc) is 2.49. The predicted molar refractivity (Wildman–Crippen MR) is 82.6 cm³/mol. The van der Waals surface area contributed by atoms with Gasteiger partial charge in [0.15, 0.2) is 0 Å². The Labute approximate surface area is 126 Å². The molecule has 3 atom stereocenters. The van der Waals surface area contributed by atoms with Gasteiger partial charge in [-0.2, -0.15) is 0 Å². The van der Waals surface area contributed by atoms with Gasteiger partial charge in [0, 0.05) is 6.04 Å². The zero-order valence-electron chi connectivity index (χ0n) is 13.0. The number of hydrogen-bond acceptors (Lipinski definition) is 2. The Morgan fingerprint density at radius 2 is 1.90 bits per heavy atom. The van der Waals surface area contributed by atoms with Crippen molar-refractivity contribution in [2.75, 3.05) is 6.54 Å². The molecule has 114 valence electrons. The van der Waals surface area contributed by atoms with E-state index in [1.807, 2.05) is 37.3 Å². The first-order chi connectivity index (χ1) is 10.0. The summed E-state index contributed by atoms with van der Waals surface area (Å²) in [5.74, 6) is 0.462. The molecule has 0 bridgehead atoms. The third kappa shape index (κ3) is 3.63. The van der Waals surface area contributed by atoms with Crippen LogP contribution < -0.4 is 5.32 Å². The van der Waals surface area contributed by atoms with Gasteiger partial charge >= 0.3 is 0 Å². The molecule has 1 saturated heterocycles. The normalized spacial score (nSPS) is 21.9. The first-order valence-electron chi connectivity index (χ1n) is 7.67. The van der Waals surface area contributed by atoms with E-state index in [0.29, 0.717) is 5.92 Å². The van der Waals surface area contributed by atoms with E-state index in [4.69, 9.17) is 0 Å². The third-order valence-corrected chi connectivity index (χ3v) is 4.25. The molecule has 1 N–H and O–H groups in total. The number of benzene rings is 1. The van der Waals surface area contributed by atoms with Crippen LogP contribution in [0.1, 0.15) is 45.2 Å². The molecule has 0 radical (unpaired) electrons. The number of amides is 2. The smallest absolute Gasteiger partial charge is 0.250 e. The van der Waals surface area contributed by atoms with Crippen LogP contribution in [0.25, 0.3) is 0 Å². The topological polar surface area (TPSA) is 49.4 Å². The minimum Gasteiger partial charge on any atom is -0.339 e. The van der Waals surface area contributed by atoms with Gasteiger partial charge in [-0.1, -0.05) is 50.6 Å². The van der Waals surface area contributed by atoms with E-state index in [1.54, 1.807) is 4.90 Å². The van der Waals surface area contributed by atoms with Crippen molar-refractivity contribution in [3.05, 3.63) is 35.9 Å². The summed E-state index contributed by atoms with van der Waals surface area (Å²) >= 11 is 0. The zero-order valence-corrected chi connectivity index (χ0v) is 13.0. The molecule has 4 heteroatoms. The summed E-state index contributed by atoms with van der Waals surface area (Å²) in [5.41, 5.74) is 0.844. The number of hydrogen-bond donors (Lipinski definition) is 1. The van der Waals surface area contributed by atoms with Crippen LogP contribution in [0.5, 0.6) is 0 Å². The molecule has 3 unspecified atom stereocenters. The first kappa shape index (κ1) is 15.5. The van der Waals surface area contributed by atoms with E-state index in [0.717, 1.165) is 18.4 Å². The molecule has 1 aliphatic rings. The van der Waals surface area contributed by atoms with Crippen molar-refractivity contribution in [1.82, 2.24) is 10.2 Å². The molecule has 0 spiro atoms. The Hall–Kier alpha value is -1.84. The SMILES string of the molecule is CCC(C)CC(C)N1CC(=O)NC(c2ccccc2)C1=O. The Balaban J connectivity index is 2.16. The fraction of sp³-hybridized carbons (Fsp3) is 0.529. The highest BCUT2D eigenvalue weighted by Crippen LogP contribution is 2.23. The summed E-state index contributed by atoms with van der Waals surface area (Å²) in [6.45, 7) is 6.53. The molecule has 0 saturated carbocycles. The van der Waals surface area contributed by atoms with Crippen molar-refractivity contribution in [2.24, 2.45) is 5.92 Å². The maximum Gasteiger partial charge on any atom is 0.250 e. The molecule has 2 amide bonds. The largest absolute Gasteiger partial charge is 0.339 e. The number of nitrogens with one attached hydrogen (secondary N) is 1. The van der Waals surface area contributed by atoms with Gasteiger partial charge in [-0.25, -0.2) is 0 Å². The summed E-state index contributed by atoms with van der Waals surface area (Å²) in [5, 5.41) is 2.80. The van der Waals surface area contributed by atoms with E-state index in [9.17, 15) is 9.59 Å². The molecule has 1 heterocycles. The van der Waals surface area contributed by atoms with Crippen molar-refractivity contribution in [3.63, 3.8) is 0 Å². The van der Waals surface area contributed by atoms with Gasteiger partial charge in [0.1, 0.15) is 6.04 Å². The van der Waals surface area contributed by atoms with Gasteiger partial charge in [0.2, 0.25) is 5.91 Å². The van der Waals surface area contributed by atoms with Crippen LogP contribution in [0.2, 0.25) is 0 Å². The molecule has 0 aromatic heterocycles. The summed E-state index contributed by atoms with van der Waals surface area (Å²) in [6, 6.07) is 8.97. The van der Waals surface area contributed by atoms with E-state index in [2.05, 4.69) is 19.2 Å². The van der Waals surface area contributed by atoms with Crippen LogP contribution in [0.4, 0.5) is 0 Å². The lowest BCUT2D eigenvalue weighted by Gasteiger charge is -2.37. The van der Waals surface area contributed by atoms with E-state index >= 15 is 0 Å². The molecule has 1 fully saturated rings. The van der Waals surface area contributed by atoms with E-state index in [1.165, 1.54) is 0 Å². The van der Waals surface area contributed by atoms with Crippen LogP contribution in [-0.2, 0) is 9.59 Å². The molecule has 1 aliphatic heterocycles. The van der Waals surface area contributed by atoms with Crippen molar-refractivity contribution in [2.45, 2.75) is 45.7 Å². The lowest BCUT2D eigenvalue weighted by molar-refractivity contribution is -0.146. The van der Waals surface area contributed by atoms with E-state index in [-0.39, 0.29) is 24.4 Å². The van der Waals surface area contributed by atoms with E-state index < -0.39 is 6.04 Å². The van der Waals surface area contributed by atoms with Gasteiger partial charge in [-0.3, -0.25) is 9.59 Å². The molecule has 0 aliphatic carbocycles. The average molecular weight is 288 g/mol. The molecule has 1 aromatic rings. The van der Waals surface area contributed by atoms with Crippen LogP contribution in [-0.4, -0.2) is 29.3 Å². The summed E-state index contributed by atoms with van der Waals surface area (Å²) in [6.07, 6.45) is 2.01. The minimum atomic E-state index is -0.549. The lowest BCUT2D eigenvalue weighted by Crippen LogP contribution is -2.56. The second-order valence-electron chi connectivity index (χ2n) is 5.98. The highest BCUT2D eigenvalue weighted by Gasteiger charge is 2.36. The van der Waals surface area contributed by atoms with Gasteiger partial charge in [0.05, 0.1) is 6.54 Å². The second-order valence-corrected chi connectivity index (χ2v) is 5.98. The summed E-state index contributed by atoms with van der Waals surface area (Å²) in [4.78, 5) is 26.4. The molecule has 1 aromatic carbocycles. The number of rotatable bonds is 5. The highest BCUT2D eigenvalue weighted by atomic mass is 16.2. The van der Waals surface area contributed by atoms with Crippen molar-refractivity contribution >= 4 is 11.8 Å².